The molecule has 41 heavy (non-hydrogen) atoms. The number of nitrogens with two attached hydrogens (primary N) is 1. The molecule has 0 radical (unpaired) electrons. The van der Waals surface area contributed by atoms with Gasteiger partial charge >= 0.3 is 13.5 Å². The van der Waals surface area contributed by atoms with Crippen molar-refractivity contribution in [3.05, 3.63) is 35.3 Å². The number of aromatic nitrogens is 6. The molecule has 3 aromatic rings. The van der Waals surface area contributed by atoms with E-state index >= 15 is 0 Å². The van der Waals surface area contributed by atoms with Crippen molar-refractivity contribution < 1.29 is 37.0 Å². The van der Waals surface area contributed by atoms with Crippen LogP contribution in [0, 0.1) is 11.8 Å². The number of ether oxygens (including phenoxy) is 2. The molecule has 2 aliphatic heterocycles. The van der Waals surface area contributed by atoms with E-state index < -0.39 is 37.5 Å². The summed E-state index contributed by atoms with van der Waals surface area (Å²) in [6, 6.07) is 1.65. The second kappa shape index (κ2) is 11.6. The molecule has 16 nitrogen and oxygen atoms in total. The SMILES string of the molecule is Nc1nc2c(ncn2[C@@H]2O[C@@H]3COP(O)(=S)OC[C@H]4C[C@H](Oc5ccncn5)C[C@@H]4COP(=O)(S)O[C@@H]2C3)c(=O)[nH]1. The number of aromatic amines is 1. The summed E-state index contributed by atoms with van der Waals surface area (Å²) in [7, 11) is 0. The lowest BCUT2D eigenvalue weighted by molar-refractivity contribution is -0.0434. The smallest absolute Gasteiger partial charge is 0.386 e. The topological polar surface area (TPSA) is 208 Å². The second-order valence-corrected chi connectivity index (χ2v) is 15.6. The van der Waals surface area contributed by atoms with Crippen LogP contribution in [0.4, 0.5) is 5.95 Å². The summed E-state index contributed by atoms with van der Waals surface area (Å²) in [4.78, 5) is 41.7. The Kier molecular flexibility index (Phi) is 8.24. The average Bonchev–Trinajstić information content (AvgIpc) is 3.62. The summed E-state index contributed by atoms with van der Waals surface area (Å²) in [5.41, 5.74) is 5.38. The van der Waals surface area contributed by atoms with E-state index in [2.05, 4.69) is 37.2 Å². The van der Waals surface area contributed by atoms with E-state index in [-0.39, 0.29) is 61.3 Å². The number of rotatable bonds is 3. The van der Waals surface area contributed by atoms with Gasteiger partial charge in [0.1, 0.15) is 18.5 Å². The Morgan fingerprint density at radius 2 is 1.93 bits per heavy atom. The fourth-order valence-electron chi connectivity index (χ4n) is 5.27. The molecule has 4 N–H and O–H groups in total. The van der Waals surface area contributed by atoms with E-state index in [1.165, 1.54) is 17.2 Å². The Morgan fingerprint density at radius 1 is 1.17 bits per heavy atom. The number of imidazole rings is 1. The number of fused-ring (bicyclic) bond motifs is 4. The van der Waals surface area contributed by atoms with Crippen molar-refractivity contribution in [2.75, 3.05) is 25.6 Å². The predicted molar refractivity (Wildman–Crippen MR) is 150 cm³/mol. The highest BCUT2D eigenvalue weighted by Crippen LogP contribution is 2.58. The number of nitrogen functional groups attached to an aromatic ring is 1. The number of nitrogens with zero attached hydrogens (tertiary/aromatic N) is 5. The highest BCUT2D eigenvalue weighted by atomic mass is 32.7. The molecule has 3 aliphatic rings. The van der Waals surface area contributed by atoms with Crippen molar-refractivity contribution in [2.45, 2.75) is 43.8 Å². The first-order chi connectivity index (χ1) is 19.6. The highest BCUT2D eigenvalue weighted by molar-refractivity contribution is 8.44. The van der Waals surface area contributed by atoms with Gasteiger partial charge in [-0.05, 0) is 36.5 Å². The lowest BCUT2D eigenvalue weighted by atomic mass is 9.98. The molecule has 1 aliphatic carbocycles. The molecular weight excluding hydrogens is 620 g/mol. The Bertz CT molecular complexity index is 1560. The van der Waals surface area contributed by atoms with E-state index in [9.17, 15) is 14.3 Å². The van der Waals surface area contributed by atoms with Crippen molar-refractivity contribution in [3.63, 3.8) is 0 Å². The van der Waals surface area contributed by atoms with Gasteiger partial charge in [-0.15, -0.1) is 0 Å². The molecule has 3 aromatic heterocycles. The molecule has 6 rings (SSSR count). The number of H-pyrrole nitrogens is 1. The Morgan fingerprint density at radius 3 is 2.68 bits per heavy atom. The largest absolute Gasteiger partial charge is 0.474 e. The first-order valence-electron chi connectivity index (χ1n) is 12.6. The average molecular weight is 648 g/mol. The van der Waals surface area contributed by atoms with Gasteiger partial charge in [0, 0.05) is 18.7 Å². The fraction of sp³-hybridized carbons (Fsp3) is 0.571. The van der Waals surface area contributed by atoms with E-state index in [0.717, 1.165) is 0 Å². The molecule has 8 atom stereocenters. The van der Waals surface area contributed by atoms with Crippen LogP contribution in [0.25, 0.3) is 11.2 Å². The van der Waals surface area contributed by atoms with Gasteiger partial charge in [-0.1, -0.05) is 12.2 Å². The molecular formula is C21H27N7O9P2S2. The number of hydrogen-bond acceptors (Lipinski definition) is 14. The van der Waals surface area contributed by atoms with Crippen LogP contribution in [-0.2, 0) is 39.2 Å². The summed E-state index contributed by atoms with van der Waals surface area (Å²) in [5, 5.41) is 0. The van der Waals surface area contributed by atoms with Crippen molar-refractivity contribution in [2.24, 2.45) is 11.8 Å². The Hall–Kier alpha value is -1.98. The molecule has 2 bridgehead atoms. The Labute approximate surface area is 243 Å². The molecule has 20 heteroatoms. The minimum absolute atomic E-state index is 0.0107. The molecule has 0 aromatic carbocycles. The molecule has 0 amide bonds. The third-order valence-corrected chi connectivity index (χ3v) is 10.3. The zero-order valence-electron chi connectivity index (χ0n) is 21.3. The fourth-order valence-corrected chi connectivity index (χ4v) is 7.98. The van der Waals surface area contributed by atoms with Gasteiger partial charge in [0.2, 0.25) is 11.8 Å². The van der Waals surface area contributed by atoms with Crippen molar-refractivity contribution in [3.8, 4) is 5.88 Å². The molecule has 5 heterocycles. The molecule has 0 spiro atoms. The summed E-state index contributed by atoms with van der Waals surface area (Å²) in [6.45, 7) is -7.63. The summed E-state index contributed by atoms with van der Waals surface area (Å²) in [6.07, 6.45) is 2.79. The van der Waals surface area contributed by atoms with Gasteiger partial charge in [-0.3, -0.25) is 18.9 Å². The number of nitrogens with one attached hydrogen (secondary N) is 1. The van der Waals surface area contributed by atoms with E-state index in [1.54, 1.807) is 12.3 Å². The van der Waals surface area contributed by atoms with Gasteiger partial charge < -0.3 is 33.7 Å². The van der Waals surface area contributed by atoms with Crippen molar-refractivity contribution >= 4 is 54.7 Å². The van der Waals surface area contributed by atoms with Gasteiger partial charge in [0.25, 0.3) is 5.56 Å². The van der Waals surface area contributed by atoms with Crippen molar-refractivity contribution in [1.82, 2.24) is 29.5 Å². The zero-order valence-corrected chi connectivity index (χ0v) is 24.8. The monoisotopic (exact) mass is 647 g/mol. The normalized spacial score (nSPS) is 36.5. The van der Waals surface area contributed by atoms with Crippen molar-refractivity contribution in [1.29, 1.82) is 0 Å². The number of anilines is 1. The maximum absolute atomic E-state index is 13.4. The minimum Gasteiger partial charge on any atom is -0.474 e. The second-order valence-electron chi connectivity index (χ2n) is 9.91. The van der Waals surface area contributed by atoms with Crippen LogP contribution in [-0.4, -0.2) is 72.5 Å². The maximum atomic E-state index is 13.4. The lowest BCUT2D eigenvalue weighted by Crippen LogP contribution is -2.23. The standard InChI is InChI=1S/C21H27N7O9P2S2/c22-21-26-18-17(19(29)27-21)25-10-28(18)20-15-5-14(36-20)8-34-38(30,40)32-6-11-3-13(35-16-1-2-23-9-24-16)4-12(11)7-33-39(31,41)37-15/h1-2,9-15,20H,3-8H2,(H,30,40)(H,31,41)(H3,22,26,27,29)/t11-,12-,13+,14+,15-,20-,38?,39?/m1/s1. The van der Waals surface area contributed by atoms with Gasteiger partial charge in [-0.25, -0.2) is 19.5 Å². The quantitative estimate of drug-likeness (QED) is 0.237. The van der Waals surface area contributed by atoms with Crippen LogP contribution in [0.2, 0.25) is 0 Å². The predicted octanol–water partition coefficient (Wildman–Crippen LogP) is 1.96. The lowest BCUT2D eigenvalue weighted by Gasteiger charge is -2.25. The zero-order chi connectivity index (χ0) is 28.8. The van der Waals surface area contributed by atoms with Crippen LogP contribution in [0.5, 0.6) is 5.88 Å². The Balaban J connectivity index is 1.24. The molecule has 222 valence electrons. The number of hydrogen-bond donors (Lipinski definition) is 4. The van der Waals surface area contributed by atoms with Gasteiger partial charge in [0.15, 0.2) is 17.4 Å². The maximum Gasteiger partial charge on any atom is 0.386 e. The summed E-state index contributed by atoms with van der Waals surface area (Å²) >= 11 is 9.49. The number of thiol groups is 1. The third kappa shape index (κ3) is 6.67. The minimum atomic E-state index is -3.93. The van der Waals surface area contributed by atoms with E-state index in [0.29, 0.717) is 18.7 Å². The van der Waals surface area contributed by atoms with Crippen LogP contribution in [0.15, 0.2) is 29.7 Å². The molecule has 2 saturated heterocycles. The van der Waals surface area contributed by atoms with Gasteiger partial charge in [0.05, 0.1) is 32.3 Å². The van der Waals surface area contributed by atoms with Gasteiger partial charge in [-0.2, -0.15) is 4.98 Å². The first kappa shape index (κ1) is 29.1. The van der Waals surface area contributed by atoms with E-state index in [4.69, 9.17) is 45.1 Å². The summed E-state index contributed by atoms with van der Waals surface area (Å²) in [5.74, 6) is -0.0525. The van der Waals surface area contributed by atoms with E-state index in [1.807, 2.05) is 0 Å². The van der Waals surface area contributed by atoms with Crippen LogP contribution < -0.4 is 16.0 Å². The van der Waals surface area contributed by atoms with Crippen LogP contribution >= 0.6 is 25.8 Å². The van der Waals surface area contributed by atoms with Crippen LogP contribution in [0.3, 0.4) is 0 Å². The molecule has 3 fully saturated rings. The summed E-state index contributed by atoms with van der Waals surface area (Å²) < 4.78 is 50.0. The molecule has 2 unspecified atom stereocenters. The third-order valence-electron chi connectivity index (χ3n) is 7.11. The first-order valence-corrected chi connectivity index (χ1v) is 17.9. The van der Waals surface area contributed by atoms with Crippen LogP contribution in [0.1, 0.15) is 25.5 Å². The highest BCUT2D eigenvalue weighted by Gasteiger charge is 2.44. The molecule has 1 saturated carbocycles.